The van der Waals surface area contributed by atoms with E-state index in [0.717, 1.165) is 28.1 Å². The van der Waals surface area contributed by atoms with Gasteiger partial charge in [0.05, 0.1) is 0 Å². The van der Waals surface area contributed by atoms with Gasteiger partial charge in [0.15, 0.2) is 46.7 Å². The van der Waals surface area contributed by atoms with Gasteiger partial charge in [-0.1, -0.05) is 0 Å². The summed E-state index contributed by atoms with van der Waals surface area (Å²) in [5.41, 5.74) is 10.2. The maximum atomic E-state index is 15.8. The van der Waals surface area contributed by atoms with Gasteiger partial charge in [-0.05, 0) is 0 Å². The predicted molar refractivity (Wildman–Crippen MR) is 140 cm³/mol. The Bertz CT molecular complexity index is 2100. The van der Waals surface area contributed by atoms with Crippen LogP contribution in [0.5, 0.6) is 0 Å². The van der Waals surface area contributed by atoms with E-state index in [1.165, 1.54) is 0 Å². The minimum absolute atomic E-state index is 0.00260. The summed E-state index contributed by atoms with van der Waals surface area (Å²) in [6.07, 6.45) is -6.06. The van der Waals surface area contributed by atoms with Crippen molar-refractivity contribution in [3.05, 3.63) is 52.6 Å². The fourth-order valence-electron chi connectivity index (χ4n) is 4.64. The summed E-state index contributed by atoms with van der Waals surface area (Å²) in [5.74, 6) is -4.50. The molecule has 21 nitrogen and oxygen atoms in total. The number of alkyl halides is 1. The lowest BCUT2D eigenvalue weighted by Crippen LogP contribution is -2.25. The van der Waals surface area contributed by atoms with Crippen molar-refractivity contribution in [2.45, 2.75) is 24.7 Å². The quantitative estimate of drug-likeness (QED) is 0.181. The number of aromatic nitrogens is 8. The van der Waals surface area contributed by atoms with Crippen LogP contribution in [0, 0.1) is 0 Å². The van der Waals surface area contributed by atoms with E-state index in [-0.39, 0.29) is 34.1 Å². The fourth-order valence-corrected chi connectivity index (χ4v) is 6.29. The molecule has 7 rings (SSSR count). The van der Waals surface area contributed by atoms with Gasteiger partial charge in [-0.25, -0.2) is 33.3 Å². The molecular weight excluding hydrogens is 656 g/mol. The van der Waals surface area contributed by atoms with Crippen LogP contribution in [-0.2, 0) is 36.9 Å². The number of halogens is 2. The van der Waals surface area contributed by atoms with E-state index in [1.807, 2.05) is 0 Å². The fraction of sp³-hybridized carbons (Fsp3) is 0.300. The molecule has 3 aliphatic heterocycles. The van der Waals surface area contributed by atoms with Crippen LogP contribution in [0.1, 0.15) is 12.5 Å². The van der Waals surface area contributed by atoms with Crippen molar-refractivity contribution in [2.75, 3.05) is 24.4 Å². The highest BCUT2D eigenvalue weighted by atomic mass is 31.2. The van der Waals surface area contributed by atoms with Crippen molar-refractivity contribution in [3.63, 3.8) is 0 Å². The van der Waals surface area contributed by atoms with Crippen LogP contribution < -0.4 is 17.0 Å². The Morgan fingerprint density at radius 2 is 1.76 bits per heavy atom. The van der Waals surface area contributed by atoms with E-state index in [1.54, 1.807) is 0 Å². The van der Waals surface area contributed by atoms with Crippen LogP contribution in [0.25, 0.3) is 22.3 Å². The second-order valence-corrected chi connectivity index (χ2v) is 12.6. The molecule has 0 fully saturated rings. The van der Waals surface area contributed by atoms with E-state index in [0.29, 0.717) is 0 Å². The zero-order chi connectivity index (χ0) is 31.8. The second-order valence-electron chi connectivity index (χ2n) is 9.47. The molecule has 4 aromatic heterocycles. The molecule has 2 bridgehead atoms. The molecular formula is C20H18F2N10O11P2. The molecule has 0 aliphatic carbocycles. The molecule has 0 spiro atoms. The number of ether oxygens (including phenoxy) is 3. The van der Waals surface area contributed by atoms with E-state index < -0.39 is 82.0 Å². The number of imidazole rings is 2. The van der Waals surface area contributed by atoms with E-state index in [4.69, 9.17) is 39.2 Å². The maximum absolute atomic E-state index is 15.8. The summed E-state index contributed by atoms with van der Waals surface area (Å²) in [5, 5.41) is 0. The Balaban J connectivity index is 1.23. The Morgan fingerprint density at radius 1 is 1.02 bits per heavy atom. The van der Waals surface area contributed by atoms with Gasteiger partial charge in [-0.3, -0.25) is 37.4 Å². The normalized spacial score (nSPS) is 30.6. The summed E-state index contributed by atoms with van der Waals surface area (Å²) in [7, 11) is -10.3. The van der Waals surface area contributed by atoms with Gasteiger partial charge >= 0.3 is 21.4 Å². The Morgan fingerprint density at radius 3 is 2.53 bits per heavy atom. The molecule has 0 aromatic carbocycles. The molecule has 7 heterocycles. The molecule has 0 saturated carbocycles. The number of anilines is 2. The minimum atomic E-state index is -5.32. The van der Waals surface area contributed by atoms with Crippen molar-refractivity contribution in [1.82, 2.24) is 39.0 Å². The summed E-state index contributed by atoms with van der Waals surface area (Å²) in [4.78, 5) is 55.1. The monoisotopic (exact) mass is 674 g/mol. The van der Waals surface area contributed by atoms with Crippen molar-refractivity contribution in [3.8, 4) is 0 Å². The summed E-state index contributed by atoms with van der Waals surface area (Å²) in [6, 6.07) is 0. The molecule has 45 heavy (non-hydrogen) atoms. The topological polar surface area (TPSA) is 289 Å². The molecule has 238 valence electrons. The van der Waals surface area contributed by atoms with Gasteiger partial charge < -0.3 is 35.1 Å². The highest BCUT2D eigenvalue weighted by Crippen LogP contribution is 2.55. The molecule has 0 saturated heterocycles. The highest BCUT2D eigenvalue weighted by molar-refractivity contribution is 7.52. The van der Waals surface area contributed by atoms with Crippen molar-refractivity contribution in [2.24, 2.45) is 0 Å². The van der Waals surface area contributed by atoms with Crippen molar-refractivity contribution in [1.29, 1.82) is 0 Å². The van der Waals surface area contributed by atoms with E-state index in [9.17, 15) is 23.7 Å². The zero-order valence-electron chi connectivity index (χ0n) is 22.0. The maximum Gasteiger partial charge on any atom is 0.527 e. The third-order valence-corrected chi connectivity index (χ3v) is 8.46. The van der Waals surface area contributed by atoms with E-state index in [2.05, 4.69) is 29.9 Å². The third-order valence-electron chi connectivity index (χ3n) is 6.56. The smallest absolute Gasteiger partial charge is 0.466 e. The molecule has 3 aliphatic rings. The lowest BCUT2D eigenvalue weighted by Gasteiger charge is -2.24. The lowest BCUT2D eigenvalue weighted by atomic mass is 10.3. The number of hydrogen-bond donors (Lipinski definition) is 5. The number of nitrogens with two attached hydrogens (primary N) is 2. The molecule has 25 heteroatoms. The molecule has 0 radical (unpaired) electrons. The van der Waals surface area contributed by atoms with Crippen LogP contribution >= 0.6 is 15.4 Å². The number of phosphoric ester groups is 1. The first-order valence-corrected chi connectivity index (χ1v) is 15.6. The van der Waals surface area contributed by atoms with Gasteiger partial charge in [-0.15, -0.1) is 0 Å². The van der Waals surface area contributed by atoms with Crippen molar-refractivity contribution < 1.29 is 55.5 Å². The number of nitrogen functional groups attached to an aromatic ring is 2. The van der Waals surface area contributed by atoms with Crippen LogP contribution in [0.4, 0.5) is 20.5 Å². The predicted octanol–water partition coefficient (Wildman–Crippen LogP) is 0.562. The SMILES string of the molecule is Nc1nc2c(ncn2[C@@H]2OC3=C(F)C2OP(=O)(O)COC2=C(OP(=O)(O)OC3)C(F)[C@H](n3cnc4c(N)ncnc43)O2)c(=O)[nH]1. The summed E-state index contributed by atoms with van der Waals surface area (Å²) < 4.78 is 90.5. The third kappa shape index (κ3) is 4.94. The van der Waals surface area contributed by atoms with Gasteiger partial charge in [-0.2, -0.15) is 4.98 Å². The highest BCUT2D eigenvalue weighted by Gasteiger charge is 2.49. The second kappa shape index (κ2) is 10.2. The van der Waals surface area contributed by atoms with Crippen LogP contribution in [0.15, 0.2) is 47.1 Å². The van der Waals surface area contributed by atoms with E-state index >= 15 is 8.78 Å². The first kappa shape index (κ1) is 29.1. The molecule has 6 atom stereocenters. The number of aromatic amines is 1. The number of H-pyrrole nitrogens is 1. The minimum Gasteiger partial charge on any atom is -0.466 e. The number of rotatable bonds is 2. The Kier molecular flexibility index (Phi) is 6.58. The number of fused-ring (bicyclic) bond motifs is 3. The number of nitrogens with zero attached hydrogens (tertiary/aromatic N) is 7. The van der Waals surface area contributed by atoms with Crippen LogP contribution in [0.2, 0.25) is 0 Å². The molecule has 0 amide bonds. The zero-order valence-corrected chi connectivity index (χ0v) is 23.7. The average molecular weight is 674 g/mol. The van der Waals surface area contributed by atoms with Gasteiger partial charge in [0.2, 0.25) is 30.3 Å². The molecule has 4 aromatic rings. The number of hydrogen-bond acceptors (Lipinski definition) is 16. The first-order chi connectivity index (χ1) is 21.3. The number of nitrogens with one attached hydrogen (secondary N) is 1. The largest absolute Gasteiger partial charge is 0.527 e. The Hall–Kier alpha value is -4.66. The number of phosphoric acid groups is 1. The summed E-state index contributed by atoms with van der Waals surface area (Å²) in [6.45, 7) is -1.12. The lowest BCUT2D eigenvalue weighted by molar-refractivity contribution is -0.0333. The van der Waals surface area contributed by atoms with Crippen LogP contribution in [-0.4, -0.2) is 74.1 Å². The van der Waals surface area contributed by atoms with Crippen molar-refractivity contribution >= 4 is 49.5 Å². The molecule has 7 N–H and O–H groups in total. The van der Waals surface area contributed by atoms with Crippen LogP contribution in [0.3, 0.4) is 0 Å². The standard InChI is InChI=1S/C20H18F2N10O11P2/c21-7-6-1-39-45(36,37)43-12-8(22)17(31-3-27-9-13(23)25-2-26-14(9)31)41-19(12)38-5-44(34,35)42-11(7)18(40-6)32-4-28-10-15(32)29-20(24)30-16(10)33/h2-4,8,11,17-18H,1,5H2,(H,34,35)(H,36,37)(H2,23,25,26)(H3,24,29,30,33)/t8?,11?,17-,18-/m1/s1. The average Bonchev–Trinajstić information content (AvgIpc) is 3.72. The Labute approximate surface area is 246 Å². The summed E-state index contributed by atoms with van der Waals surface area (Å²) >= 11 is 0. The van der Waals surface area contributed by atoms with Gasteiger partial charge in [0.25, 0.3) is 5.56 Å². The first-order valence-electron chi connectivity index (χ1n) is 12.4. The molecule has 4 unspecified atom stereocenters. The van der Waals surface area contributed by atoms with Gasteiger partial charge in [0, 0.05) is 0 Å². The van der Waals surface area contributed by atoms with Gasteiger partial charge in [0.1, 0.15) is 31.1 Å².